The molecule has 0 atom stereocenters. The van der Waals surface area contributed by atoms with Gasteiger partial charge in [-0.15, -0.1) is 0 Å². The number of aliphatic hydroxyl groups is 2. The minimum absolute atomic E-state index is 0.0415. The molecule has 0 fully saturated rings. The fourth-order valence-corrected chi connectivity index (χ4v) is 2.46. The van der Waals surface area contributed by atoms with Crippen molar-refractivity contribution in [1.82, 2.24) is 0 Å². The van der Waals surface area contributed by atoms with Crippen LogP contribution in [0.2, 0.25) is 0 Å². The number of hydrogen-bond donors (Lipinski definition) is 2. The van der Waals surface area contributed by atoms with Gasteiger partial charge in [-0.2, -0.15) is 0 Å². The summed E-state index contributed by atoms with van der Waals surface area (Å²) in [4.78, 5) is 0. The average Bonchev–Trinajstić information content (AvgIpc) is 2.41. The van der Waals surface area contributed by atoms with E-state index < -0.39 is 33.7 Å². The van der Waals surface area contributed by atoms with E-state index >= 15 is 0 Å². The molecule has 7 heteroatoms. The molecule has 0 saturated heterocycles. The van der Waals surface area contributed by atoms with Gasteiger partial charge in [0, 0.05) is 11.6 Å². The monoisotopic (exact) mass is 300 g/mol. The summed E-state index contributed by atoms with van der Waals surface area (Å²) in [6.45, 7) is -1.81. The lowest BCUT2D eigenvalue weighted by atomic mass is 10.1. The van der Waals surface area contributed by atoms with E-state index in [1.165, 1.54) is 12.1 Å². The third kappa shape index (κ3) is 3.45. The van der Waals surface area contributed by atoms with Gasteiger partial charge in [0.2, 0.25) is 0 Å². The Morgan fingerprint density at radius 2 is 1.50 bits per heavy atom. The molecule has 0 radical (unpaired) electrons. The van der Waals surface area contributed by atoms with Crippen LogP contribution in [0.15, 0.2) is 36.4 Å². The molecule has 3 nitrogen and oxygen atoms in total. The van der Waals surface area contributed by atoms with Crippen molar-refractivity contribution < 1.29 is 27.8 Å². The van der Waals surface area contributed by atoms with Gasteiger partial charge in [-0.3, -0.25) is 0 Å². The lowest BCUT2D eigenvalue weighted by Gasteiger charge is -2.07. The van der Waals surface area contributed by atoms with E-state index in [1.54, 1.807) is 12.1 Å². The van der Waals surface area contributed by atoms with Crippen LogP contribution in [0, 0.1) is 17.5 Å². The van der Waals surface area contributed by atoms with E-state index in [-0.39, 0.29) is 5.56 Å². The summed E-state index contributed by atoms with van der Waals surface area (Å²) in [6, 6.07) is 7.59. The quantitative estimate of drug-likeness (QED) is 0.498. The molecule has 0 unspecified atom stereocenters. The second-order valence-electron chi connectivity index (χ2n) is 4.08. The minimum Gasteiger partial charge on any atom is -0.373 e. The normalized spacial score (nSPS) is 11.7. The van der Waals surface area contributed by atoms with E-state index in [0.29, 0.717) is 11.6 Å². The summed E-state index contributed by atoms with van der Waals surface area (Å²) in [5.74, 6) is -3.21. The van der Waals surface area contributed by atoms with Crippen molar-refractivity contribution in [2.24, 2.45) is 0 Å². The first-order valence-corrected chi connectivity index (χ1v) is 6.97. The Bertz CT molecular complexity index is 603. The Balaban J connectivity index is 2.24. The van der Waals surface area contributed by atoms with Crippen molar-refractivity contribution in [2.75, 3.05) is 0 Å². The molecular weight excluding hydrogens is 289 g/mol. The number of aliphatic hydroxyl groups excluding tert-OH is 1. The zero-order valence-corrected chi connectivity index (χ0v) is 11.6. The second kappa shape index (κ2) is 6.19. The van der Waals surface area contributed by atoms with Crippen LogP contribution < -0.4 is 5.19 Å². The molecule has 0 saturated carbocycles. The smallest absolute Gasteiger partial charge is 0.256 e. The topological polar surface area (TPSA) is 49.7 Å². The predicted molar refractivity (Wildman–Crippen MR) is 69.2 cm³/mol. The van der Waals surface area contributed by atoms with Gasteiger partial charge in [0.25, 0.3) is 6.48 Å². The molecule has 0 aromatic heterocycles. The zero-order chi connectivity index (χ0) is 14.7. The van der Waals surface area contributed by atoms with Crippen molar-refractivity contribution in [3.8, 4) is 11.1 Å². The molecule has 0 aliphatic carbocycles. The summed E-state index contributed by atoms with van der Waals surface area (Å²) < 4.78 is 44.2. The molecule has 0 spiro atoms. The summed E-state index contributed by atoms with van der Waals surface area (Å²) in [6.07, 6.45) is 0. The van der Waals surface area contributed by atoms with Crippen LogP contribution in [0.3, 0.4) is 0 Å². The first-order chi connectivity index (χ1) is 9.47. The summed E-state index contributed by atoms with van der Waals surface area (Å²) in [5.41, 5.74) is 0.351. The Morgan fingerprint density at radius 3 is 2.10 bits per heavy atom. The van der Waals surface area contributed by atoms with E-state index in [1.807, 2.05) is 0 Å². The highest BCUT2D eigenvalue weighted by Crippen LogP contribution is 2.24. The fourth-order valence-electron chi connectivity index (χ4n) is 1.70. The molecule has 0 heterocycles. The van der Waals surface area contributed by atoms with E-state index in [2.05, 4.69) is 0 Å². The van der Waals surface area contributed by atoms with Crippen LogP contribution in [0.4, 0.5) is 13.2 Å². The third-order valence-electron chi connectivity index (χ3n) is 2.67. The van der Waals surface area contributed by atoms with Crippen molar-refractivity contribution >= 4 is 14.9 Å². The Hall–Kier alpha value is -1.67. The molecule has 106 valence electrons. The largest absolute Gasteiger partial charge is 0.373 e. The maximum Gasteiger partial charge on any atom is 0.256 e. The predicted octanol–water partition coefficient (Wildman–Crippen LogP) is 0.765. The van der Waals surface area contributed by atoms with Crippen LogP contribution in [-0.4, -0.2) is 26.5 Å². The molecular formula is C13H11F3O3Si. The number of rotatable bonds is 4. The van der Waals surface area contributed by atoms with Gasteiger partial charge >= 0.3 is 0 Å². The number of benzene rings is 2. The lowest BCUT2D eigenvalue weighted by molar-refractivity contribution is -0.179. The van der Waals surface area contributed by atoms with Crippen molar-refractivity contribution in [1.29, 1.82) is 0 Å². The van der Waals surface area contributed by atoms with E-state index in [4.69, 9.17) is 14.6 Å². The van der Waals surface area contributed by atoms with Gasteiger partial charge in [0.05, 0.1) is 0 Å². The molecule has 0 bridgehead atoms. The van der Waals surface area contributed by atoms with Crippen LogP contribution in [-0.2, 0) is 4.43 Å². The first kappa shape index (κ1) is 14.7. The standard InChI is InChI=1S/C13H11F3O3Si/c14-10-6-12(16)11(15)5-9(10)7-1-3-8(4-2-7)20-19-13(17)18/h1-6,13,17-18H,20H2. The van der Waals surface area contributed by atoms with E-state index in [9.17, 15) is 13.2 Å². The zero-order valence-electron chi connectivity index (χ0n) is 10.2. The summed E-state index contributed by atoms with van der Waals surface area (Å²) >= 11 is 0. The highest BCUT2D eigenvalue weighted by atomic mass is 28.2. The maximum absolute atomic E-state index is 13.6. The summed E-state index contributed by atoms with van der Waals surface area (Å²) in [5, 5.41) is 17.9. The highest BCUT2D eigenvalue weighted by molar-refractivity contribution is 6.46. The first-order valence-electron chi connectivity index (χ1n) is 5.69. The molecule has 2 aromatic carbocycles. The number of halogens is 3. The van der Waals surface area contributed by atoms with Gasteiger partial charge in [-0.05, 0) is 16.8 Å². The Labute approximate surface area is 115 Å². The molecule has 2 aromatic rings. The van der Waals surface area contributed by atoms with Gasteiger partial charge in [-0.1, -0.05) is 24.3 Å². The number of hydrogen-bond acceptors (Lipinski definition) is 3. The molecule has 20 heavy (non-hydrogen) atoms. The van der Waals surface area contributed by atoms with Gasteiger partial charge in [0.1, 0.15) is 5.82 Å². The van der Waals surface area contributed by atoms with Crippen LogP contribution in [0.1, 0.15) is 0 Å². The fraction of sp³-hybridized carbons (Fsp3) is 0.0769. The molecule has 0 amide bonds. The molecule has 2 rings (SSSR count). The SMILES string of the molecule is OC(O)O[SiH2]c1ccc(-c2cc(F)c(F)cc2F)cc1. The van der Waals surface area contributed by atoms with Crippen molar-refractivity contribution in [3.05, 3.63) is 53.8 Å². The average molecular weight is 300 g/mol. The van der Waals surface area contributed by atoms with Crippen LogP contribution in [0.25, 0.3) is 11.1 Å². The van der Waals surface area contributed by atoms with E-state index in [0.717, 1.165) is 11.3 Å². The van der Waals surface area contributed by atoms with Gasteiger partial charge in [-0.25, -0.2) is 13.2 Å². The van der Waals surface area contributed by atoms with Gasteiger partial charge in [0.15, 0.2) is 21.4 Å². The van der Waals surface area contributed by atoms with Crippen molar-refractivity contribution in [3.63, 3.8) is 0 Å². The minimum atomic E-state index is -1.81. The Kier molecular flexibility index (Phi) is 4.56. The van der Waals surface area contributed by atoms with Crippen LogP contribution >= 0.6 is 0 Å². The molecule has 0 aliphatic rings. The van der Waals surface area contributed by atoms with Crippen LogP contribution in [0.5, 0.6) is 0 Å². The summed E-state index contributed by atoms with van der Waals surface area (Å²) in [7, 11) is -1.31. The van der Waals surface area contributed by atoms with Crippen molar-refractivity contribution in [2.45, 2.75) is 6.48 Å². The lowest BCUT2D eigenvalue weighted by Crippen LogP contribution is -2.23. The highest BCUT2D eigenvalue weighted by Gasteiger charge is 2.11. The molecule has 2 N–H and O–H groups in total. The molecule has 0 aliphatic heterocycles. The second-order valence-corrected chi connectivity index (χ2v) is 5.52. The maximum atomic E-state index is 13.6. The Morgan fingerprint density at radius 1 is 0.900 bits per heavy atom. The third-order valence-corrected chi connectivity index (χ3v) is 3.94. The van der Waals surface area contributed by atoms with Gasteiger partial charge < -0.3 is 14.6 Å².